The molecule has 1 aromatic rings. The van der Waals surface area contributed by atoms with Gasteiger partial charge in [0, 0.05) is 25.4 Å². The number of carbonyl (C=O) groups is 1. The fourth-order valence-corrected chi connectivity index (χ4v) is 2.06. The molecule has 0 aliphatic heterocycles. The van der Waals surface area contributed by atoms with E-state index in [1.807, 2.05) is 13.8 Å². The predicted octanol–water partition coefficient (Wildman–Crippen LogP) is 2.81. The van der Waals surface area contributed by atoms with Crippen LogP contribution in [-0.2, 0) is 4.74 Å². The van der Waals surface area contributed by atoms with Crippen molar-refractivity contribution in [3.63, 3.8) is 0 Å². The number of halogens is 1. The summed E-state index contributed by atoms with van der Waals surface area (Å²) in [6, 6.07) is 5.09. The SMILES string of the molecule is CCC(C)N(CCOC)C(=O)c1ccc(N)cc1Cl. The molecule has 0 saturated carbocycles. The van der Waals surface area contributed by atoms with Crippen LogP contribution in [0.25, 0.3) is 0 Å². The van der Waals surface area contributed by atoms with Crippen molar-refractivity contribution in [2.24, 2.45) is 0 Å². The summed E-state index contributed by atoms with van der Waals surface area (Å²) in [6.07, 6.45) is 0.877. The highest BCUT2D eigenvalue weighted by Gasteiger charge is 2.22. The van der Waals surface area contributed by atoms with Crippen molar-refractivity contribution in [1.82, 2.24) is 4.90 Å². The van der Waals surface area contributed by atoms with Gasteiger partial charge in [-0.1, -0.05) is 18.5 Å². The van der Waals surface area contributed by atoms with Gasteiger partial charge in [-0.15, -0.1) is 0 Å². The average Bonchev–Trinajstić information content (AvgIpc) is 2.38. The smallest absolute Gasteiger partial charge is 0.255 e. The fraction of sp³-hybridized carbons (Fsp3) is 0.500. The first-order chi connectivity index (χ1) is 9.01. The standard InChI is InChI=1S/C14H21ClN2O2/c1-4-10(2)17(7-8-19-3)14(18)12-6-5-11(16)9-13(12)15/h5-6,9-10H,4,7-8,16H2,1-3H3. The van der Waals surface area contributed by atoms with E-state index in [9.17, 15) is 4.79 Å². The molecule has 1 aromatic carbocycles. The van der Waals surface area contributed by atoms with Crippen LogP contribution >= 0.6 is 11.6 Å². The van der Waals surface area contributed by atoms with Gasteiger partial charge in [0.25, 0.3) is 5.91 Å². The molecule has 1 rings (SSSR count). The maximum atomic E-state index is 12.5. The third kappa shape index (κ3) is 4.11. The number of benzene rings is 1. The summed E-state index contributed by atoms with van der Waals surface area (Å²) in [4.78, 5) is 14.3. The van der Waals surface area contributed by atoms with Crippen molar-refractivity contribution in [2.45, 2.75) is 26.3 Å². The summed E-state index contributed by atoms with van der Waals surface area (Å²) >= 11 is 6.09. The van der Waals surface area contributed by atoms with Crippen LogP contribution in [0, 0.1) is 0 Å². The molecule has 0 aromatic heterocycles. The molecule has 0 spiro atoms. The minimum atomic E-state index is -0.0867. The molecule has 1 unspecified atom stereocenters. The van der Waals surface area contributed by atoms with Gasteiger partial charge < -0.3 is 15.4 Å². The van der Waals surface area contributed by atoms with Gasteiger partial charge in [-0.25, -0.2) is 0 Å². The molecule has 0 bridgehead atoms. The predicted molar refractivity (Wildman–Crippen MR) is 78.5 cm³/mol. The number of hydrogen-bond acceptors (Lipinski definition) is 3. The molecular formula is C14H21ClN2O2. The zero-order valence-corrected chi connectivity index (χ0v) is 12.4. The second-order valence-electron chi connectivity index (χ2n) is 4.49. The first-order valence-corrected chi connectivity index (χ1v) is 6.74. The van der Waals surface area contributed by atoms with Gasteiger partial charge in [0.05, 0.1) is 17.2 Å². The largest absolute Gasteiger partial charge is 0.399 e. The molecule has 5 heteroatoms. The lowest BCUT2D eigenvalue weighted by molar-refractivity contribution is 0.0614. The molecule has 2 N–H and O–H groups in total. The lowest BCUT2D eigenvalue weighted by Gasteiger charge is -2.28. The fourth-order valence-electron chi connectivity index (χ4n) is 1.79. The molecular weight excluding hydrogens is 264 g/mol. The lowest BCUT2D eigenvalue weighted by atomic mass is 10.1. The Morgan fingerprint density at radius 3 is 2.74 bits per heavy atom. The highest BCUT2D eigenvalue weighted by atomic mass is 35.5. The Hall–Kier alpha value is -1.26. The Kier molecular flexibility index (Phi) is 6.12. The minimum Gasteiger partial charge on any atom is -0.399 e. The molecule has 0 heterocycles. The van der Waals surface area contributed by atoms with Crippen molar-refractivity contribution in [3.8, 4) is 0 Å². The zero-order valence-electron chi connectivity index (χ0n) is 11.6. The van der Waals surface area contributed by atoms with Gasteiger partial charge in [-0.05, 0) is 31.5 Å². The van der Waals surface area contributed by atoms with E-state index in [1.54, 1.807) is 30.2 Å². The van der Waals surface area contributed by atoms with Crippen LogP contribution in [0.15, 0.2) is 18.2 Å². The number of ether oxygens (including phenoxy) is 1. The molecule has 4 nitrogen and oxygen atoms in total. The topological polar surface area (TPSA) is 55.6 Å². The van der Waals surface area contributed by atoms with E-state index >= 15 is 0 Å². The summed E-state index contributed by atoms with van der Waals surface area (Å²) in [5.74, 6) is -0.0867. The summed E-state index contributed by atoms with van der Waals surface area (Å²) < 4.78 is 5.06. The number of carbonyl (C=O) groups excluding carboxylic acids is 1. The normalized spacial score (nSPS) is 12.2. The Balaban J connectivity index is 2.97. The average molecular weight is 285 g/mol. The Morgan fingerprint density at radius 2 is 2.21 bits per heavy atom. The Bertz CT molecular complexity index is 437. The third-order valence-corrected chi connectivity index (χ3v) is 3.46. The lowest BCUT2D eigenvalue weighted by Crippen LogP contribution is -2.40. The number of amides is 1. The first-order valence-electron chi connectivity index (χ1n) is 6.36. The van der Waals surface area contributed by atoms with E-state index in [0.29, 0.717) is 29.4 Å². The van der Waals surface area contributed by atoms with Crippen LogP contribution in [0.3, 0.4) is 0 Å². The minimum absolute atomic E-state index is 0.0867. The molecule has 106 valence electrons. The maximum Gasteiger partial charge on any atom is 0.255 e. The highest BCUT2D eigenvalue weighted by Crippen LogP contribution is 2.22. The summed E-state index contributed by atoms with van der Waals surface area (Å²) in [5.41, 5.74) is 6.67. The number of methoxy groups -OCH3 is 1. The van der Waals surface area contributed by atoms with Crippen LogP contribution in [-0.4, -0.2) is 37.1 Å². The van der Waals surface area contributed by atoms with Gasteiger partial charge in [0.15, 0.2) is 0 Å². The quantitative estimate of drug-likeness (QED) is 0.817. The maximum absolute atomic E-state index is 12.5. The van der Waals surface area contributed by atoms with E-state index in [1.165, 1.54) is 0 Å². The molecule has 1 atom stereocenters. The molecule has 0 radical (unpaired) electrons. The summed E-state index contributed by atoms with van der Waals surface area (Å²) in [7, 11) is 1.62. The van der Waals surface area contributed by atoms with E-state index in [2.05, 4.69) is 0 Å². The van der Waals surface area contributed by atoms with Crippen LogP contribution in [0.4, 0.5) is 5.69 Å². The number of nitrogen functional groups attached to an aromatic ring is 1. The molecule has 0 fully saturated rings. The Morgan fingerprint density at radius 1 is 1.53 bits per heavy atom. The van der Waals surface area contributed by atoms with Gasteiger partial charge >= 0.3 is 0 Å². The van der Waals surface area contributed by atoms with Crippen LogP contribution in [0.2, 0.25) is 5.02 Å². The van der Waals surface area contributed by atoms with Crippen LogP contribution in [0.1, 0.15) is 30.6 Å². The van der Waals surface area contributed by atoms with Crippen molar-refractivity contribution >= 4 is 23.2 Å². The molecule has 19 heavy (non-hydrogen) atoms. The van der Waals surface area contributed by atoms with Gasteiger partial charge in [-0.2, -0.15) is 0 Å². The van der Waals surface area contributed by atoms with E-state index in [4.69, 9.17) is 22.1 Å². The van der Waals surface area contributed by atoms with Gasteiger partial charge in [0.1, 0.15) is 0 Å². The first kappa shape index (κ1) is 15.8. The number of rotatable bonds is 6. The number of nitrogens with two attached hydrogens (primary N) is 1. The number of anilines is 1. The molecule has 0 aliphatic rings. The number of hydrogen-bond donors (Lipinski definition) is 1. The van der Waals surface area contributed by atoms with Crippen molar-refractivity contribution in [1.29, 1.82) is 0 Å². The van der Waals surface area contributed by atoms with Crippen LogP contribution < -0.4 is 5.73 Å². The van der Waals surface area contributed by atoms with E-state index < -0.39 is 0 Å². The third-order valence-electron chi connectivity index (χ3n) is 3.14. The second-order valence-corrected chi connectivity index (χ2v) is 4.90. The zero-order chi connectivity index (χ0) is 14.4. The van der Waals surface area contributed by atoms with Crippen molar-refractivity contribution in [2.75, 3.05) is 26.0 Å². The molecule has 0 saturated heterocycles. The second kappa shape index (κ2) is 7.36. The molecule has 0 aliphatic carbocycles. The van der Waals surface area contributed by atoms with E-state index in [0.717, 1.165) is 6.42 Å². The number of nitrogens with zero attached hydrogens (tertiary/aromatic N) is 1. The highest BCUT2D eigenvalue weighted by molar-refractivity contribution is 6.34. The van der Waals surface area contributed by atoms with Gasteiger partial charge in [0.2, 0.25) is 0 Å². The van der Waals surface area contributed by atoms with E-state index in [-0.39, 0.29) is 11.9 Å². The Labute approximate surface area is 119 Å². The van der Waals surface area contributed by atoms with Gasteiger partial charge in [-0.3, -0.25) is 4.79 Å². The van der Waals surface area contributed by atoms with Crippen molar-refractivity contribution in [3.05, 3.63) is 28.8 Å². The van der Waals surface area contributed by atoms with Crippen LogP contribution in [0.5, 0.6) is 0 Å². The summed E-state index contributed by atoms with van der Waals surface area (Å²) in [6.45, 7) is 5.11. The van der Waals surface area contributed by atoms with Crippen molar-refractivity contribution < 1.29 is 9.53 Å². The molecule has 1 amide bonds. The monoisotopic (exact) mass is 284 g/mol. The summed E-state index contributed by atoms with van der Waals surface area (Å²) in [5, 5.41) is 0.385.